The lowest BCUT2D eigenvalue weighted by atomic mass is 9.85. The van der Waals surface area contributed by atoms with Crippen molar-refractivity contribution in [1.29, 1.82) is 0 Å². The molecule has 1 fully saturated rings. The molecule has 0 spiro atoms. The van der Waals surface area contributed by atoms with Crippen molar-refractivity contribution in [3.8, 4) is 0 Å². The van der Waals surface area contributed by atoms with E-state index < -0.39 is 0 Å². The van der Waals surface area contributed by atoms with Crippen LogP contribution in [0.3, 0.4) is 0 Å². The zero-order valence-corrected chi connectivity index (χ0v) is 9.09. The molecule has 2 atom stereocenters. The lowest BCUT2D eigenvalue weighted by molar-refractivity contribution is 0.501. The molecule has 1 heteroatoms. The zero-order valence-electron chi connectivity index (χ0n) is 9.09. The van der Waals surface area contributed by atoms with Gasteiger partial charge in [0, 0.05) is 12.5 Å². The largest absolute Gasteiger partial charge is 0.316 e. The summed E-state index contributed by atoms with van der Waals surface area (Å²) in [5.41, 5.74) is 2.99. The molecule has 1 aromatic rings. The van der Waals surface area contributed by atoms with Gasteiger partial charge in [-0.25, -0.2) is 0 Å². The predicted octanol–water partition coefficient (Wildman–Crippen LogP) is 2.71. The van der Waals surface area contributed by atoms with Crippen LogP contribution in [0.5, 0.6) is 0 Å². The standard InChI is InChI=1S/C13H19N/c1-3-11-8-14-9-13(11)12-7-5-4-6-10(12)2/h4-7,11,13-14H,3,8-9H2,1-2H3/t11-,13-/m0/s1. The fourth-order valence-electron chi connectivity index (χ4n) is 2.53. The van der Waals surface area contributed by atoms with Crippen LogP contribution in [0.1, 0.15) is 30.4 Å². The highest BCUT2D eigenvalue weighted by atomic mass is 14.9. The van der Waals surface area contributed by atoms with Crippen molar-refractivity contribution in [2.45, 2.75) is 26.2 Å². The molecule has 0 saturated carbocycles. The Kier molecular flexibility index (Phi) is 2.87. The monoisotopic (exact) mass is 189 g/mol. The molecule has 0 bridgehead atoms. The molecule has 0 radical (unpaired) electrons. The molecule has 0 unspecified atom stereocenters. The Hall–Kier alpha value is -0.820. The van der Waals surface area contributed by atoms with Crippen LogP contribution in [0.4, 0.5) is 0 Å². The summed E-state index contributed by atoms with van der Waals surface area (Å²) in [6, 6.07) is 8.80. The molecule has 14 heavy (non-hydrogen) atoms. The second kappa shape index (κ2) is 4.14. The van der Waals surface area contributed by atoms with Crippen LogP contribution in [0.2, 0.25) is 0 Å². The summed E-state index contributed by atoms with van der Waals surface area (Å²) >= 11 is 0. The van der Waals surface area contributed by atoms with E-state index in [9.17, 15) is 0 Å². The van der Waals surface area contributed by atoms with Gasteiger partial charge in [-0.15, -0.1) is 0 Å². The van der Waals surface area contributed by atoms with E-state index in [1.54, 1.807) is 5.56 Å². The second-order valence-corrected chi connectivity index (χ2v) is 4.29. The second-order valence-electron chi connectivity index (χ2n) is 4.29. The molecule has 1 N–H and O–H groups in total. The molecule has 1 heterocycles. The first kappa shape index (κ1) is 9.72. The summed E-state index contributed by atoms with van der Waals surface area (Å²) in [6.07, 6.45) is 1.28. The highest BCUT2D eigenvalue weighted by Crippen LogP contribution is 2.31. The molecule has 1 aliphatic heterocycles. The topological polar surface area (TPSA) is 12.0 Å². The Morgan fingerprint density at radius 2 is 2.07 bits per heavy atom. The van der Waals surface area contributed by atoms with E-state index >= 15 is 0 Å². The smallest absolute Gasteiger partial charge is 0.00235 e. The molecule has 76 valence electrons. The molecule has 1 saturated heterocycles. The molecule has 1 nitrogen and oxygen atoms in total. The average Bonchev–Trinajstić information content (AvgIpc) is 2.66. The molecule has 0 aromatic heterocycles. The molecular formula is C13H19N. The summed E-state index contributed by atoms with van der Waals surface area (Å²) in [4.78, 5) is 0. The van der Waals surface area contributed by atoms with Crippen molar-refractivity contribution in [1.82, 2.24) is 5.32 Å². The van der Waals surface area contributed by atoms with Crippen molar-refractivity contribution in [3.63, 3.8) is 0 Å². The molecule has 1 aromatic carbocycles. The third-order valence-electron chi connectivity index (χ3n) is 3.45. The summed E-state index contributed by atoms with van der Waals surface area (Å²) < 4.78 is 0. The van der Waals surface area contributed by atoms with Crippen LogP contribution >= 0.6 is 0 Å². The minimum atomic E-state index is 0.737. The van der Waals surface area contributed by atoms with Crippen LogP contribution in [-0.4, -0.2) is 13.1 Å². The van der Waals surface area contributed by atoms with Gasteiger partial charge in [0.2, 0.25) is 0 Å². The first-order valence-electron chi connectivity index (χ1n) is 5.59. The summed E-state index contributed by atoms with van der Waals surface area (Å²) in [5.74, 6) is 1.57. The first-order valence-corrected chi connectivity index (χ1v) is 5.59. The van der Waals surface area contributed by atoms with E-state index in [-0.39, 0.29) is 0 Å². The minimum absolute atomic E-state index is 0.737. The Labute approximate surface area is 86.5 Å². The van der Waals surface area contributed by atoms with Gasteiger partial charge in [0.05, 0.1) is 0 Å². The number of hydrogen-bond acceptors (Lipinski definition) is 1. The summed E-state index contributed by atoms with van der Waals surface area (Å²) in [6.45, 7) is 6.86. The van der Waals surface area contributed by atoms with Crippen LogP contribution in [0.25, 0.3) is 0 Å². The van der Waals surface area contributed by atoms with Crippen molar-refractivity contribution in [3.05, 3.63) is 35.4 Å². The third kappa shape index (κ3) is 1.69. The van der Waals surface area contributed by atoms with E-state index in [2.05, 4.69) is 43.4 Å². The number of rotatable bonds is 2. The van der Waals surface area contributed by atoms with E-state index in [4.69, 9.17) is 0 Å². The SMILES string of the molecule is CC[C@H]1CNC[C@@H]1c1ccccc1C. The molecule has 0 aliphatic carbocycles. The van der Waals surface area contributed by atoms with Crippen molar-refractivity contribution >= 4 is 0 Å². The van der Waals surface area contributed by atoms with Crippen molar-refractivity contribution in [2.75, 3.05) is 13.1 Å². The average molecular weight is 189 g/mol. The lowest BCUT2D eigenvalue weighted by Crippen LogP contribution is -2.10. The number of nitrogens with one attached hydrogen (secondary N) is 1. The van der Waals surface area contributed by atoms with Crippen LogP contribution in [0, 0.1) is 12.8 Å². The summed E-state index contributed by atoms with van der Waals surface area (Å²) in [5, 5.41) is 3.50. The maximum Gasteiger partial charge on any atom is 0.00235 e. The first-order chi connectivity index (χ1) is 6.83. The fourth-order valence-corrected chi connectivity index (χ4v) is 2.53. The van der Waals surface area contributed by atoms with Gasteiger partial charge in [0.25, 0.3) is 0 Å². The fraction of sp³-hybridized carbons (Fsp3) is 0.538. The maximum absolute atomic E-state index is 3.50. The predicted molar refractivity (Wildman–Crippen MR) is 60.6 cm³/mol. The van der Waals surface area contributed by atoms with Gasteiger partial charge in [0.1, 0.15) is 0 Å². The van der Waals surface area contributed by atoms with E-state index in [1.807, 2.05) is 0 Å². The van der Waals surface area contributed by atoms with Gasteiger partial charge in [0.15, 0.2) is 0 Å². The Balaban J connectivity index is 2.26. The van der Waals surface area contributed by atoms with Crippen molar-refractivity contribution < 1.29 is 0 Å². The Morgan fingerprint density at radius 3 is 2.79 bits per heavy atom. The van der Waals surface area contributed by atoms with Crippen LogP contribution in [0.15, 0.2) is 24.3 Å². The lowest BCUT2D eigenvalue weighted by Gasteiger charge is -2.19. The van der Waals surface area contributed by atoms with Crippen LogP contribution < -0.4 is 5.32 Å². The molecular weight excluding hydrogens is 170 g/mol. The zero-order chi connectivity index (χ0) is 9.97. The van der Waals surface area contributed by atoms with Gasteiger partial charge in [-0.2, -0.15) is 0 Å². The van der Waals surface area contributed by atoms with Gasteiger partial charge >= 0.3 is 0 Å². The van der Waals surface area contributed by atoms with E-state index in [0.29, 0.717) is 0 Å². The third-order valence-corrected chi connectivity index (χ3v) is 3.45. The highest BCUT2D eigenvalue weighted by molar-refractivity contribution is 5.30. The van der Waals surface area contributed by atoms with E-state index in [0.717, 1.165) is 18.4 Å². The van der Waals surface area contributed by atoms with Gasteiger partial charge in [-0.1, -0.05) is 37.6 Å². The van der Waals surface area contributed by atoms with Gasteiger partial charge in [-0.05, 0) is 30.5 Å². The summed E-state index contributed by atoms with van der Waals surface area (Å²) in [7, 11) is 0. The normalized spacial score (nSPS) is 26.7. The molecule has 1 aliphatic rings. The minimum Gasteiger partial charge on any atom is -0.316 e. The number of benzene rings is 1. The highest BCUT2D eigenvalue weighted by Gasteiger charge is 2.27. The number of aryl methyl sites for hydroxylation is 1. The van der Waals surface area contributed by atoms with Crippen LogP contribution in [-0.2, 0) is 0 Å². The van der Waals surface area contributed by atoms with Gasteiger partial charge in [-0.3, -0.25) is 0 Å². The maximum atomic E-state index is 3.50. The van der Waals surface area contributed by atoms with Gasteiger partial charge < -0.3 is 5.32 Å². The Bertz CT molecular complexity index is 306. The quantitative estimate of drug-likeness (QED) is 0.754. The Morgan fingerprint density at radius 1 is 1.29 bits per heavy atom. The van der Waals surface area contributed by atoms with Crippen molar-refractivity contribution in [2.24, 2.45) is 5.92 Å². The molecule has 2 rings (SSSR count). The number of hydrogen-bond donors (Lipinski definition) is 1. The van der Waals surface area contributed by atoms with E-state index in [1.165, 1.54) is 18.5 Å². The molecule has 0 amide bonds.